The minimum atomic E-state index is 0.809. The zero-order chi connectivity index (χ0) is 32.0. The van der Waals surface area contributed by atoms with Gasteiger partial charge in [0.2, 0.25) is 0 Å². The Hall–Kier alpha value is 0.240. The molecule has 0 saturated heterocycles. The van der Waals surface area contributed by atoms with Gasteiger partial charge >= 0.3 is 0 Å². The van der Waals surface area contributed by atoms with Crippen LogP contribution in [0.4, 0.5) is 0 Å². The van der Waals surface area contributed by atoms with E-state index in [1.54, 1.807) is 0 Å². The van der Waals surface area contributed by atoms with Gasteiger partial charge in [0.1, 0.15) is 4.32 Å². The molecule has 0 aromatic rings. The molecule has 0 aromatic carbocycles. The molecule has 0 amide bonds. The van der Waals surface area contributed by atoms with Gasteiger partial charge in [0.25, 0.3) is 0 Å². The lowest BCUT2D eigenvalue weighted by molar-refractivity contribution is 0.394. The number of hydrogen-bond acceptors (Lipinski definition) is 1. The number of nitrogens with zero attached hydrogens (tertiary/aromatic N) is 1. The lowest BCUT2D eigenvalue weighted by atomic mass is 10.0. The van der Waals surface area contributed by atoms with Crippen molar-refractivity contribution in [2.75, 3.05) is 13.1 Å². The molecule has 0 heterocycles. The fourth-order valence-electron chi connectivity index (χ4n) is 6.71. The summed E-state index contributed by atoms with van der Waals surface area (Å²) < 4.78 is 0.809. The number of unbranched alkanes of at least 4 members (excludes halogenated alkanes) is 34. The van der Waals surface area contributed by atoms with E-state index in [1.165, 1.54) is 231 Å². The Balaban J connectivity index is 3.35. The van der Waals surface area contributed by atoms with Crippen molar-refractivity contribution in [1.29, 1.82) is 0 Å². The number of thiocarbonyl (C=S) groups is 1. The van der Waals surface area contributed by atoms with Crippen molar-refractivity contribution in [2.24, 2.45) is 0 Å². The molecule has 0 saturated carbocycles. The quantitative estimate of drug-likeness (QED) is 0.0401. The van der Waals surface area contributed by atoms with Crippen LogP contribution in [0.15, 0.2) is 0 Å². The molecular formula is C41H83NS2. The second-order valence-corrected chi connectivity index (χ2v) is 15.4. The van der Waals surface area contributed by atoms with E-state index in [0.717, 1.165) is 17.4 Å². The van der Waals surface area contributed by atoms with E-state index in [2.05, 4.69) is 31.4 Å². The van der Waals surface area contributed by atoms with Crippen LogP contribution in [0.1, 0.15) is 245 Å². The van der Waals surface area contributed by atoms with E-state index >= 15 is 0 Å². The second-order valence-electron chi connectivity index (χ2n) is 14.3. The number of hydrogen-bond donors (Lipinski definition) is 1. The zero-order valence-electron chi connectivity index (χ0n) is 30.7. The van der Waals surface area contributed by atoms with Crippen molar-refractivity contribution in [3.05, 3.63) is 0 Å². The average molecular weight is 654 g/mol. The number of thiol groups is 1. The maximum absolute atomic E-state index is 5.44. The largest absolute Gasteiger partial charge is 0.358 e. The third-order valence-electron chi connectivity index (χ3n) is 9.83. The van der Waals surface area contributed by atoms with E-state index in [4.69, 9.17) is 12.2 Å². The highest BCUT2D eigenvalue weighted by Gasteiger charge is 2.06. The van der Waals surface area contributed by atoms with Gasteiger partial charge in [-0.1, -0.05) is 244 Å². The molecule has 0 atom stereocenters. The van der Waals surface area contributed by atoms with Crippen molar-refractivity contribution >= 4 is 29.2 Å². The molecule has 264 valence electrons. The summed E-state index contributed by atoms with van der Waals surface area (Å²) in [5.41, 5.74) is 0. The van der Waals surface area contributed by atoms with Crippen LogP contribution in [0, 0.1) is 0 Å². The third-order valence-corrected chi connectivity index (χ3v) is 10.4. The van der Waals surface area contributed by atoms with E-state index in [0.29, 0.717) is 0 Å². The highest BCUT2D eigenvalue weighted by atomic mass is 32.1. The van der Waals surface area contributed by atoms with Crippen LogP contribution in [-0.2, 0) is 0 Å². The van der Waals surface area contributed by atoms with Crippen LogP contribution in [0.25, 0.3) is 0 Å². The van der Waals surface area contributed by atoms with E-state index in [9.17, 15) is 0 Å². The molecule has 0 aromatic heterocycles. The molecule has 1 nitrogen and oxygen atoms in total. The van der Waals surface area contributed by atoms with Crippen LogP contribution < -0.4 is 0 Å². The SMILES string of the molecule is CCCCCCCCCCCCCCCCCCCCN(CCCCCCCCCCCCCCCCCCCC)C(=S)S. The summed E-state index contributed by atoms with van der Waals surface area (Å²) in [4.78, 5) is 2.36. The molecule has 0 unspecified atom stereocenters. The summed E-state index contributed by atoms with van der Waals surface area (Å²) in [6.45, 7) is 6.83. The molecule has 0 aliphatic rings. The maximum Gasteiger partial charge on any atom is 0.133 e. The summed E-state index contributed by atoms with van der Waals surface area (Å²) in [5, 5.41) is 0. The fourth-order valence-corrected chi connectivity index (χ4v) is 7.09. The molecule has 44 heavy (non-hydrogen) atoms. The number of rotatable bonds is 38. The maximum atomic E-state index is 5.44. The standard InChI is InChI=1S/C41H83NS2/c1-3-5-7-9-11-13-15-17-19-21-23-25-27-29-31-33-35-37-39-42(41(43)44)40-38-36-34-32-30-28-26-24-22-20-18-16-14-12-10-8-6-4-2/h3-40H2,1-2H3,(H,43,44). The molecular weight excluding hydrogens is 571 g/mol. The van der Waals surface area contributed by atoms with Crippen molar-refractivity contribution < 1.29 is 0 Å². The van der Waals surface area contributed by atoms with Crippen molar-refractivity contribution in [3.8, 4) is 0 Å². The van der Waals surface area contributed by atoms with Crippen molar-refractivity contribution in [1.82, 2.24) is 4.90 Å². The Bertz CT molecular complexity index is 497. The molecule has 0 fully saturated rings. The molecule has 3 heteroatoms. The Morgan fingerprint density at radius 3 is 0.636 bits per heavy atom. The molecule has 0 rings (SSSR count). The normalized spacial score (nSPS) is 11.4. The molecule has 0 aliphatic heterocycles. The summed E-state index contributed by atoms with van der Waals surface area (Å²) >= 11 is 9.97. The van der Waals surface area contributed by atoms with E-state index in [-0.39, 0.29) is 0 Å². The summed E-state index contributed by atoms with van der Waals surface area (Å²) in [6.07, 6.45) is 51.6. The first-order valence-electron chi connectivity index (χ1n) is 20.7. The zero-order valence-corrected chi connectivity index (χ0v) is 32.4. The predicted octanol–water partition coefficient (Wildman–Crippen LogP) is 15.6. The van der Waals surface area contributed by atoms with E-state index in [1.807, 2.05) is 0 Å². The second kappa shape index (κ2) is 39.4. The first kappa shape index (κ1) is 44.2. The van der Waals surface area contributed by atoms with Gasteiger partial charge in [0.15, 0.2) is 0 Å². The van der Waals surface area contributed by atoms with Gasteiger partial charge in [0.05, 0.1) is 0 Å². The predicted molar refractivity (Wildman–Crippen MR) is 211 cm³/mol. The van der Waals surface area contributed by atoms with Crippen molar-refractivity contribution in [2.45, 2.75) is 245 Å². The molecule has 0 aliphatic carbocycles. The molecule has 0 radical (unpaired) electrons. The van der Waals surface area contributed by atoms with Crippen LogP contribution in [0.5, 0.6) is 0 Å². The highest BCUT2D eigenvalue weighted by molar-refractivity contribution is 8.10. The van der Waals surface area contributed by atoms with Crippen LogP contribution >= 0.6 is 24.8 Å². The lowest BCUT2D eigenvalue weighted by Crippen LogP contribution is -2.28. The van der Waals surface area contributed by atoms with Crippen LogP contribution in [0.2, 0.25) is 0 Å². The lowest BCUT2D eigenvalue weighted by Gasteiger charge is -2.22. The smallest absolute Gasteiger partial charge is 0.133 e. The van der Waals surface area contributed by atoms with Gasteiger partial charge in [0, 0.05) is 13.1 Å². The molecule has 0 N–H and O–H groups in total. The van der Waals surface area contributed by atoms with Crippen LogP contribution in [0.3, 0.4) is 0 Å². The Kier molecular flexibility index (Phi) is 39.6. The average Bonchev–Trinajstić information content (AvgIpc) is 3.02. The van der Waals surface area contributed by atoms with Gasteiger partial charge in [-0.3, -0.25) is 0 Å². The first-order chi connectivity index (χ1) is 21.7. The Labute approximate surface area is 291 Å². The van der Waals surface area contributed by atoms with Gasteiger partial charge in [-0.2, -0.15) is 0 Å². The Morgan fingerprint density at radius 1 is 0.318 bits per heavy atom. The van der Waals surface area contributed by atoms with Crippen molar-refractivity contribution in [3.63, 3.8) is 0 Å². The van der Waals surface area contributed by atoms with Gasteiger partial charge in [-0.25, -0.2) is 0 Å². The summed E-state index contributed by atoms with van der Waals surface area (Å²) in [5.74, 6) is 0. The topological polar surface area (TPSA) is 3.24 Å². The minimum absolute atomic E-state index is 0.809. The monoisotopic (exact) mass is 654 g/mol. The fraction of sp³-hybridized carbons (Fsp3) is 0.976. The van der Waals surface area contributed by atoms with E-state index < -0.39 is 0 Å². The van der Waals surface area contributed by atoms with Gasteiger partial charge in [-0.05, 0) is 12.8 Å². The Morgan fingerprint density at radius 2 is 0.477 bits per heavy atom. The minimum Gasteiger partial charge on any atom is -0.358 e. The molecule has 0 spiro atoms. The first-order valence-corrected chi connectivity index (χ1v) is 21.6. The molecule has 0 bridgehead atoms. The summed E-state index contributed by atoms with van der Waals surface area (Å²) in [6, 6.07) is 0. The van der Waals surface area contributed by atoms with Gasteiger partial charge < -0.3 is 4.90 Å². The van der Waals surface area contributed by atoms with Crippen LogP contribution in [-0.4, -0.2) is 22.3 Å². The van der Waals surface area contributed by atoms with Gasteiger partial charge in [-0.15, -0.1) is 12.6 Å². The third kappa shape index (κ3) is 36.7. The highest BCUT2D eigenvalue weighted by Crippen LogP contribution is 2.16. The summed E-state index contributed by atoms with van der Waals surface area (Å²) in [7, 11) is 0.